The number of hydrogen-bond acceptors (Lipinski definition) is 5. The maximum atomic E-state index is 13.4. The Morgan fingerprint density at radius 3 is 2.72 bits per heavy atom. The van der Waals surface area contributed by atoms with Crippen molar-refractivity contribution in [3.8, 4) is 5.75 Å². The zero-order valence-corrected chi connectivity index (χ0v) is 19.7. The number of halogens is 1. The number of nitrogens with zero attached hydrogens (tertiary/aromatic N) is 3. The van der Waals surface area contributed by atoms with Gasteiger partial charge in [0.25, 0.3) is 0 Å². The molecule has 1 aromatic heterocycles. The van der Waals surface area contributed by atoms with Crippen LogP contribution in [0, 0.1) is 25.6 Å². The minimum Gasteiger partial charge on any atom is -0.489 e. The van der Waals surface area contributed by atoms with E-state index in [1.165, 1.54) is 12.1 Å². The number of rotatable bonds is 9. The van der Waals surface area contributed by atoms with Crippen LogP contribution in [-0.4, -0.2) is 55.2 Å². The summed E-state index contributed by atoms with van der Waals surface area (Å²) in [6, 6.07) is 6.25. The summed E-state index contributed by atoms with van der Waals surface area (Å²) in [5, 5.41) is 6.77. The predicted octanol–water partition coefficient (Wildman–Crippen LogP) is 3.67. The number of oxazole rings is 1. The van der Waals surface area contributed by atoms with E-state index in [0.29, 0.717) is 18.2 Å². The van der Waals surface area contributed by atoms with Gasteiger partial charge >= 0.3 is 0 Å². The molecule has 2 heterocycles. The van der Waals surface area contributed by atoms with Crippen LogP contribution in [0.15, 0.2) is 33.7 Å². The lowest BCUT2D eigenvalue weighted by Gasteiger charge is -2.31. The van der Waals surface area contributed by atoms with Gasteiger partial charge < -0.3 is 19.8 Å². The van der Waals surface area contributed by atoms with Crippen molar-refractivity contribution in [1.29, 1.82) is 0 Å². The zero-order chi connectivity index (χ0) is 22.9. The van der Waals surface area contributed by atoms with Crippen molar-refractivity contribution in [1.82, 2.24) is 20.5 Å². The van der Waals surface area contributed by atoms with Gasteiger partial charge in [0.05, 0.1) is 18.8 Å². The van der Waals surface area contributed by atoms with Crippen LogP contribution in [0.25, 0.3) is 0 Å². The Hall–Kier alpha value is -2.61. The van der Waals surface area contributed by atoms with Crippen molar-refractivity contribution >= 4 is 5.96 Å². The summed E-state index contributed by atoms with van der Waals surface area (Å²) in [6.45, 7) is 10.3. The molecule has 2 N–H and O–H groups in total. The number of hydrogen-bond donors (Lipinski definition) is 2. The van der Waals surface area contributed by atoms with Gasteiger partial charge in [0.1, 0.15) is 23.4 Å². The summed E-state index contributed by atoms with van der Waals surface area (Å²) in [6.07, 6.45) is 3.00. The van der Waals surface area contributed by atoms with Gasteiger partial charge in [-0.3, -0.25) is 9.89 Å². The van der Waals surface area contributed by atoms with Crippen molar-refractivity contribution in [2.45, 2.75) is 52.7 Å². The molecule has 1 atom stereocenters. The van der Waals surface area contributed by atoms with E-state index in [-0.39, 0.29) is 11.9 Å². The molecule has 2 aromatic rings. The third-order valence-corrected chi connectivity index (χ3v) is 5.97. The Morgan fingerprint density at radius 1 is 1.31 bits per heavy atom. The zero-order valence-electron chi connectivity index (χ0n) is 19.7. The van der Waals surface area contributed by atoms with Crippen molar-refractivity contribution in [2.24, 2.45) is 10.9 Å². The van der Waals surface area contributed by atoms with Crippen LogP contribution in [-0.2, 0) is 6.54 Å². The smallest absolute Gasteiger partial charge is 0.208 e. The van der Waals surface area contributed by atoms with E-state index in [2.05, 4.69) is 32.4 Å². The first kappa shape index (κ1) is 24.0. The van der Waals surface area contributed by atoms with E-state index in [4.69, 9.17) is 9.15 Å². The summed E-state index contributed by atoms with van der Waals surface area (Å²) in [7, 11) is 1.77. The molecule has 1 aromatic carbocycles. The third kappa shape index (κ3) is 7.22. The standard InChI is InChI=1S/C24H36FN5O2/c1-5-21(32-22-8-6-7-20(25)13-22)15-28-24(26-4)27-14-19-9-11-30(12-10-19)16-23-29-17(2)18(3)31-23/h6-8,13,19,21H,5,9-12,14-16H2,1-4H3,(H2,26,27,28). The van der Waals surface area contributed by atoms with E-state index >= 15 is 0 Å². The molecular formula is C24H36FN5O2. The van der Waals surface area contributed by atoms with Gasteiger partial charge in [0.15, 0.2) is 5.96 Å². The summed E-state index contributed by atoms with van der Waals surface area (Å²) >= 11 is 0. The van der Waals surface area contributed by atoms with Crippen LogP contribution in [0.2, 0.25) is 0 Å². The molecule has 32 heavy (non-hydrogen) atoms. The number of piperidine rings is 1. The average molecular weight is 446 g/mol. The molecular weight excluding hydrogens is 409 g/mol. The van der Waals surface area contributed by atoms with Crippen LogP contribution < -0.4 is 15.4 Å². The second-order valence-corrected chi connectivity index (χ2v) is 8.41. The van der Waals surface area contributed by atoms with Crippen molar-refractivity contribution in [3.05, 3.63) is 47.4 Å². The van der Waals surface area contributed by atoms with Gasteiger partial charge in [-0.2, -0.15) is 0 Å². The molecule has 0 saturated carbocycles. The summed E-state index contributed by atoms with van der Waals surface area (Å²) in [4.78, 5) is 11.2. The minimum atomic E-state index is -0.292. The highest BCUT2D eigenvalue weighted by Gasteiger charge is 2.21. The number of aliphatic imine (C=N–C) groups is 1. The lowest BCUT2D eigenvalue weighted by molar-refractivity contribution is 0.164. The maximum absolute atomic E-state index is 13.4. The van der Waals surface area contributed by atoms with Gasteiger partial charge in [-0.05, 0) is 64.3 Å². The Balaban J connectivity index is 1.37. The van der Waals surface area contributed by atoms with Crippen molar-refractivity contribution < 1.29 is 13.5 Å². The first-order chi connectivity index (χ1) is 15.5. The molecule has 3 rings (SSSR count). The molecule has 0 spiro atoms. The number of likely N-dealkylation sites (tertiary alicyclic amines) is 1. The fourth-order valence-corrected chi connectivity index (χ4v) is 3.82. The van der Waals surface area contributed by atoms with Crippen molar-refractivity contribution in [2.75, 3.05) is 33.2 Å². The summed E-state index contributed by atoms with van der Waals surface area (Å²) < 4.78 is 25.0. The van der Waals surface area contributed by atoms with Gasteiger partial charge in [-0.25, -0.2) is 9.37 Å². The second-order valence-electron chi connectivity index (χ2n) is 8.41. The Labute approximate surface area is 190 Å². The predicted molar refractivity (Wildman–Crippen MR) is 124 cm³/mol. The average Bonchev–Trinajstić information content (AvgIpc) is 3.10. The first-order valence-electron chi connectivity index (χ1n) is 11.5. The highest BCUT2D eigenvalue weighted by atomic mass is 19.1. The van der Waals surface area contributed by atoms with Crippen LogP contribution >= 0.6 is 0 Å². The van der Waals surface area contributed by atoms with E-state index < -0.39 is 0 Å². The molecule has 1 aliphatic rings. The van der Waals surface area contributed by atoms with Crippen LogP contribution in [0.5, 0.6) is 5.75 Å². The van der Waals surface area contributed by atoms with Crippen LogP contribution in [0.4, 0.5) is 4.39 Å². The minimum absolute atomic E-state index is 0.0685. The maximum Gasteiger partial charge on any atom is 0.208 e. The van der Waals surface area contributed by atoms with E-state index in [1.807, 2.05) is 13.8 Å². The molecule has 0 radical (unpaired) electrons. The Kier molecular flexibility index (Phi) is 8.90. The van der Waals surface area contributed by atoms with E-state index in [0.717, 1.165) is 68.7 Å². The fourth-order valence-electron chi connectivity index (χ4n) is 3.82. The molecule has 0 aliphatic carbocycles. The molecule has 8 heteroatoms. The second kappa shape index (κ2) is 11.9. The third-order valence-electron chi connectivity index (χ3n) is 5.97. The van der Waals surface area contributed by atoms with E-state index in [9.17, 15) is 4.39 Å². The molecule has 0 bridgehead atoms. The molecule has 0 amide bonds. The monoisotopic (exact) mass is 445 g/mol. The lowest BCUT2D eigenvalue weighted by atomic mass is 9.97. The summed E-state index contributed by atoms with van der Waals surface area (Å²) in [5.74, 6) is 3.34. The molecule has 1 aliphatic heterocycles. The number of benzene rings is 1. The highest BCUT2D eigenvalue weighted by Crippen LogP contribution is 2.19. The normalized spacial score (nSPS) is 16.7. The van der Waals surface area contributed by atoms with Gasteiger partial charge in [0.2, 0.25) is 5.89 Å². The summed E-state index contributed by atoms with van der Waals surface area (Å²) in [5.41, 5.74) is 0.976. The Morgan fingerprint density at radius 2 is 2.09 bits per heavy atom. The molecule has 1 saturated heterocycles. The Bertz CT molecular complexity index is 858. The largest absolute Gasteiger partial charge is 0.489 e. The number of nitrogens with one attached hydrogen (secondary N) is 2. The number of guanidine groups is 1. The molecule has 176 valence electrons. The first-order valence-corrected chi connectivity index (χ1v) is 11.5. The topological polar surface area (TPSA) is 74.9 Å². The number of aromatic nitrogens is 1. The molecule has 7 nitrogen and oxygen atoms in total. The SMILES string of the molecule is CCC(CNC(=NC)NCC1CCN(Cc2nc(C)c(C)o2)CC1)Oc1cccc(F)c1. The van der Waals surface area contributed by atoms with Crippen LogP contribution in [0.3, 0.4) is 0 Å². The molecule has 1 unspecified atom stereocenters. The van der Waals surface area contributed by atoms with Gasteiger partial charge in [-0.15, -0.1) is 0 Å². The van der Waals surface area contributed by atoms with E-state index in [1.54, 1.807) is 19.2 Å². The van der Waals surface area contributed by atoms with Crippen molar-refractivity contribution in [3.63, 3.8) is 0 Å². The molecule has 1 fully saturated rings. The van der Waals surface area contributed by atoms with Gasteiger partial charge in [0, 0.05) is 19.7 Å². The highest BCUT2D eigenvalue weighted by molar-refractivity contribution is 5.79. The number of aryl methyl sites for hydroxylation is 2. The van der Waals surface area contributed by atoms with Gasteiger partial charge in [-0.1, -0.05) is 13.0 Å². The lowest BCUT2D eigenvalue weighted by Crippen LogP contribution is -2.45. The van der Waals surface area contributed by atoms with Crippen LogP contribution in [0.1, 0.15) is 43.5 Å². The quantitative estimate of drug-likeness (QED) is 0.453. The number of ether oxygens (including phenoxy) is 1. The fraction of sp³-hybridized carbons (Fsp3) is 0.583.